The van der Waals surface area contributed by atoms with E-state index in [0.29, 0.717) is 11.5 Å². The van der Waals surface area contributed by atoms with E-state index in [1.807, 2.05) is 18.2 Å². The molecular formula is C10H9N5. The predicted molar refractivity (Wildman–Crippen MR) is 57.1 cm³/mol. The van der Waals surface area contributed by atoms with Crippen molar-refractivity contribution in [2.45, 2.75) is 0 Å². The van der Waals surface area contributed by atoms with Crippen LogP contribution in [0.1, 0.15) is 5.69 Å². The van der Waals surface area contributed by atoms with E-state index < -0.39 is 0 Å². The van der Waals surface area contributed by atoms with Gasteiger partial charge >= 0.3 is 0 Å². The summed E-state index contributed by atoms with van der Waals surface area (Å²) in [4.78, 5) is 3.88. The fraction of sp³-hybridized carbons (Fsp3) is 0. The first-order valence-corrected chi connectivity index (χ1v) is 4.31. The summed E-state index contributed by atoms with van der Waals surface area (Å²) >= 11 is 0. The average Bonchev–Trinajstić information content (AvgIpc) is 2.59. The van der Waals surface area contributed by atoms with Gasteiger partial charge in [-0.05, 0) is 18.2 Å². The fourth-order valence-electron chi connectivity index (χ4n) is 1.32. The van der Waals surface area contributed by atoms with Crippen LogP contribution < -0.4 is 11.5 Å². The lowest BCUT2D eigenvalue weighted by Crippen LogP contribution is -2.00. The third kappa shape index (κ3) is 1.48. The molecule has 0 radical (unpaired) electrons. The van der Waals surface area contributed by atoms with Crippen molar-refractivity contribution in [3.63, 3.8) is 0 Å². The maximum Gasteiger partial charge on any atom is 0.182 e. The minimum Gasteiger partial charge on any atom is -0.399 e. The number of aromatic nitrogens is 2. The molecule has 0 saturated heterocycles. The predicted octanol–water partition coefficient (Wildman–Crippen LogP) is 0.908. The van der Waals surface area contributed by atoms with Crippen LogP contribution in [0.4, 0.5) is 11.5 Å². The van der Waals surface area contributed by atoms with Crippen LogP contribution >= 0.6 is 0 Å². The van der Waals surface area contributed by atoms with E-state index in [-0.39, 0.29) is 5.69 Å². The van der Waals surface area contributed by atoms with Crippen LogP contribution in [-0.4, -0.2) is 9.55 Å². The van der Waals surface area contributed by atoms with Crippen molar-refractivity contribution in [3.8, 4) is 11.8 Å². The molecule has 74 valence electrons. The number of nitrogens with zero attached hydrogens (tertiary/aromatic N) is 3. The molecule has 1 aromatic carbocycles. The summed E-state index contributed by atoms with van der Waals surface area (Å²) in [5.41, 5.74) is 13.0. The second-order valence-corrected chi connectivity index (χ2v) is 3.06. The van der Waals surface area contributed by atoms with Gasteiger partial charge in [0.25, 0.3) is 0 Å². The first-order valence-electron chi connectivity index (χ1n) is 4.31. The quantitative estimate of drug-likeness (QED) is 0.667. The van der Waals surface area contributed by atoms with Gasteiger partial charge in [0, 0.05) is 5.69 Å². The average molecular weight is 199 g/mol. The van der Waals surface area contributed by atoms with Gasteiger partial charge in [-0.2, -0.15) is 5.26 Å². The van der Waals surface area contributed by atoms with Crippen molar-refractivity contribution in [2.24, 2.45) is 0 Å². The van der Waals surface area contributed by atoms with E-state index in [1.54, 1.807) is 16.7 Å². The van der Waals surface area contributed by atoms with Crippen molar-refractivity contribution in [3.05, 3.63) is 36.3 Å². The summed E-state index contributed by atoms with van der Waals surface area (Å²) in [5, 5.41) is 8.70. The highest BCUT2D eigenvalue weighted by atomic mass is 15.1. The third-order valence-electron chi connectivity index (χ3n) is 2.06. The molecule has 5 nitrogen and oxygen atoms in total. The van der Waals surface area contributed by atoms with Crippen molar-refractivity contribution in [1.29, 1.82) is 5.26 Å². The Balaban J connectivity index is 2.56. The van der Waals surface area contributed by atoms with Gasteiger partial charge in [0.05, 0.1) is 5.69 Å². The van der Waals surface area contributed by atoms with Crippen LogP contribution in [0.2, 0.25) is 0 Å². The molecule has 0 aliphatic heterocycles. The molecule has 0 fully saturated rings. The van der Waals surface area contributed by atoms with E-state index in [9.17, 15) is 0 Å². The van der Waals surface area contributed by atoms with Crippen LogP contribution in [0.15, 0.2) is 30.6 Å². The van der Waals surface area contributed by atoms with Crippen LogP contribution in [0.25, 0.3) is 5.69 Å². The number of nitriles is 1. The second-order valence-electron chi connectivity index (χ2n) is 3.06. The first-order chi connectivity index (χ1) is 7.22. The number of rotatable bonds is 1. The molecule has 0 unspecified atom stereocenters. The van der Waals surface area contributed by atoms with Crippen molar-refractivity contribution >= 4 is 11.5 Å². The van der Waals surface area contributed by atoms with Crippen molar-refractivity contribution in [2.75, 3.05) is 11.5 Å². The van der Waals surface area contributed by atoms with Crippen LogP contribution in [0.3, 0.4) is 0 Å². The highest BCUT2D eigenvalue weighted by Gasteiger charge is 2.07. The SMILES string of the molecule is N#Cc1ncn(-c2cccc(N)c2)c1N. The van der Waals surface area contributed by atoms with Crippen LogP contribution in [0, 0.1) is 11.3 Å². The lowest BCUT2D eigenvalue weighted by molar-refractivity contribution is 1.07. The Hall–Kier alpha value is -2.48. The van der Waals surface area contributed by atoms with Gasteiger partial charge in [-0.25, -0.2) is 4.98 Å². The molecule has 0 atom stereocenters. The molecule has 15 heavy (non-hydrogen) atoms. The fourth-order valence-corrected chi connectivity index (χ4v) is 1.32. The molecule has 0 saturated carbocycles. The van der Waals surface area contributed by atoms with Gasteiger partial charge in [-0.1, -0.05) is 6.07 Å². The minimum absolute atomic E-state index is 0.220. The molecule has 0 spiro atoms. The Bertz CT molecular complexity index is 535. The van der Waals surface area contributed by atoms with Gasteiger partial charge in [-0.15, -0.1) is 0 Å². The zero-order chi connectivity index (χ0) is 10.8. The largest absolute Gasteiger partial charge is 0.399 e. The standard InChI is InChI=1S/C10H9N5/c11-5-9-10(13)15(6-14-9)8-3-1-2-7(12)4-8/h1-4,6H,12-13H2. The van der Waals surface area contributed by atoms with Crippen molar-refractivity contribution in [1.82, 2.24) is 9.55 Å². The Labute approximate surface area is 86.6 Å². The summed E-state index contributed by atoms with van der Waals surface area (Å²) in [5.74, 6) is 0.322. The number of nitrogens with two attached hydrogens (primary N) is 2. The second kappa shape index (κ2) is 3.35. The van der Waals surface area contributed by atoms with Gasteiger partial charge in [-0.3, -0.25) is 4.57 Å². The van der Waals surface area contributed by atoms with Gasteiger partial charge in [0.15, 0.2) is 5.69 Å². The Morgan fingerprint density at radius 2 is 2.13 bits per heavy atom. The Morgan fingerprint density at radius 1 is 1.33 bits per heavy atom. The summed E-state index contributed by atoms with van der Waals surface area (Å²) in [6, 6.07) is 9.11. The topological polar surface area (TPSA) is 93.6 Å². The minimum atomic E-state index is 0.220. The number of anilines is 2. The lowest BCUT2D eigenvalue weighted by atomic mass is 10.3. The normalized spacial score (nSPS) is 9.80. The summed E-state index contributed by atoms with van der Waals surface area (Å²) in [6.07, 6.45) is 1.50. The summed E-state index contributed by atoms with van der Waals surface area (Å²) in [6.45, 7) is 0. The molecule has 0 aliphatic carbocycles. The molecule has 2 rings (SSSR count). The molecular weight excluding hydrogens is 190 g/mol. The molecule has 4 N–H and O–H groups in total. The number of imidazole rings is 1. The number of hydrogen-bond acceptors (Lipinski definition) is 4. The summed E-state index contributed by atoms with van der Waals surface area (Å²) in [7, 11) is 0. The highest BCUT2D eigenvalue weighted by Crippen LogP contribution is 2.17. The van der Waals surface area contributed by atoms with Crippen LogP contribution in [0.5, 0.6) is 0 Å². The smallest absolute Gasteiger partial charge is 0.182 e. The third-order valence-corrected chi connectivity index (χ3v) is 2.06. The number of nitrogen functional groups attached to an aromatic ring is 2. The van der Waals surface area contributed by atoms with Crippen LogP contribution in [-0.2, 0) is 0 Å². The molecule has 1 aromatic heterocycles. The van der Waals surface area contributed by atoms with E-state index >= 15 is 0 Å². The van der Waals surface area contributed by atoms with Gasteiger partial charge < -0.3 is 11.5 Å². The zero-order valence-electron chi connectivity index (χ0n) is 7.88. The van der Waals surface area contributed by atoms with Gasteiger partial charge in [0.2, 0.25) is 0 Å². The highest BCUT2D eigenvalue weighted by molar-refractivity contribution is 5.54. The lowest BCUT2D eigenvalue weighted by Gasteiger charge is -2.04. The van der Waals surface area contributed by atoms with Gasteiger partial charge in [0.1, 0.15) is 18.2 Å². The first kappa shape index (κ1) is 9.09. The zero-order valence-corrected chi connectivity index (χ0v) is 7.88. The van der Waals surface area contributed by atoms with E-state index in [4.69, 9.17) is 16.7 Å². The maximum atomic E-state index is 8.70. The Kier molecular flexibility index (Phi) is 2.03. The maximum absolute atomic E-state index is 8.70. The number of hydrogen-bond donors (Lipinski definition) is 2. The summed E-state index contributed by atoms with van der Waals surface area (Å²) < 4.78 is 1.62. The molecule has 0 bridgehead atoms. The van der Waals surface area contributed by atoms with Crippen molar-refractivity contribution < 1.29 is 0 Å². The Morgan fingerprint density at radius 3 is 2.73 bits per heavy atom. The molecule has 2 aromatic rings. The van der Waals surface area contributed by atoms with E-state index in [0.717, 1.165) is 5.69 Å². The monoisotopic (exact) mass is 199 g/mol. The molecule has 0 amide bonds. The molecule has 5 heteroatoms. The van der Waals surface area contributed by atoms with E-state index in [1.165, 1.54) is 6.33 Å². The number of benzene rings is 1. The van der Waals surface area contributed by atoms with E-state index in [2.05, 4.69) is 4.98 Å². The molecule has 1 heterocycles. The molecule has 0 aliphatic rings.